The highest BCUT2D eigenvalue weighted by atomic mass is 19.1. The van der Waals surface area contributed by atoms with Crippen molar-refractivity contribution in [2.45, 2.75) is 32.2 Å². The van der Waals surface area contributed by atoms with Gasteiger partial charge in [-0.15, -0.1) is 0 Å². The van der Waals surface area contributed by atoms with Crippen molar-refractivity contribution < 1.29 is 28.6 Å². The van der Waals surface area contributed by atoms with E-state index in [9.17, 15) is 19.1 Å². The minimum absolute atomic E-state index is 0.106. The molecule has 1 aliphatic heterocycles. The van der Waals surface area contributed by atoms with Gasteiger partial charge in [0.25, 0.3) is 11.7 Å². The lowest BCUT2D eigenvalue weighted by atomic mass is 9.94. The van der Waals surface area contributed by atoms with Gasteiger partial charge in [-0.25, -0.2) is 4.39 Å². The first-order chi connectivity index (χ1) is 17.5. The lowest BCUT2D eigenvalue weighted by Crippen LogP contribution is -2.29. The van der Waals surface area contributed by atoms with Gasteiger partial charge in [0.1, 0.15) is 23.1 Å². The Balaban J connectivity index is 1.79. The predicted molar refractivity (Wildman–Crippen MR) is 136 cm³/mol. The maximum Gasteiger partial charge on any atom is 0.300 e. The van der Waals surface area contributed by atoms with Gasteiger partial charge in [-0.05, 0) is 55.0 Å². The van der Waals surface area contributed by atoms with E-state index < -0.39 is 23.5 Å². The van der Waals surface area contributed by atoms with Gasteiger partial charge < -0.3 is 14.6 Å². The topological polar surface area (TPSA) is 76.1 Å². The van der Waals surface area contributed by atoms with E-state index in [1.165, 1.54) is 30.2 Å². The van der Waals surface area contributed by atoms with Gasteiger partial charge in [0.2, 0.25) is 0 Å². The number of amides is 1. The van der Waals surface area contributed by atoms with Crippen LogP contribution < -0.4 is 14.4 Å². The molecule has 36 heavy (non-hydrogen) atoms. The third-order valence-electron chi connectivity index (χ3n) is 6.11. The number of benzene rings is 3. The second-order valence-electron chi connectivity index (χ2n) is 8.47. The molecule has 1 N–H and O–H groups in total. The van der Waals surface area contributed by atoms with Crippen molar-refractivity contribution in [1.82, 2.24) is 0 Å². The molecule has 1 saturated heterocycles. The van der Waals surface area contributed by atoms with Crippen molar-refractivity contribution in [1.29, 1.82) is 0 Å². The summed E-state index contributed by atoms with van der Waals surface area (Å²) in [7, 11) is 1.48. The zero-order valence-electron chi connectivity index (χ0n) is 20.2. The van der Waals surface area contributed by atoms with E-state index >= 15 is 0 Å². The molecule has 1 amide bonds. The van der Waals surface area contributed by atoms with E-state index in [0.717, 1.165) is 19.3 Å². The highest BCUT2D eigenvalue weighted by Crippen LogP contribution is 2.45. The number of aliphatic hydroxyl groups is 1. The van der Waals surface area contributed by atoms with E-state index in [4.69, 9.17) is 9.47 Å². The summed E-state index contributed by atoms with van der Waals surface area (Å²) >= 11 is 0. The van der Waals surface area contributed by atoms with Crippen LogP contribution in [-0.4, -0.2) is 30.5 Å². The van der Waals surface area contributed by atoms with Crippen LogP contribution in [0.2, 0.25) is 0 Å². The van der Waals surface area contributed by atoms with Crippen molar-refractivity contribution in [3.05, 3.63) is 95.3 Å². The number of carbonyl (C=O) groups is 2. The van der Waals surface area contributed by atoms with E-state index in [0.29, 0.717) is 29.2 Å². The van der Waals surface area contributed by atoms with Crippen LogP contribution >= 0.6 is 0 Å². The Morgan fingerprint density at radius 3 is 2.44 bits per heavy atom. The molecule has 0 aromatic heterocycles. The molecule has 0 bridgehead atoms. The fraction of sp³-hybridized carbons (Fsp3) is 0.241. The Morgan fingerprint density at radius 2 is 1.75 bits per heavy atom. The highest BCUT2D eigenvalue weighted by Gasteiger charge is 2.48. The van der Waals surface area contributed by atoms with Gasteiger partial charge in [0.15, 0.2) is 0 Å². The summed E-state index contributed by atoms with van der Waals surface area (Å²) in [6.07, 6.45) is 3.12. The van der Waals surface area contributed by atoms with Gasteiger partial charge >= 0.3 is 0 Å². The predicted octanol–water partition coefficient (Wildman–Crippen LogP) is 6.03. The summed E-state index contributed by atoms with van der Waals surface area (Å²) in [5, 5.41) is 11.3. The number of hydrogen-bond acceptors (Lipinski definition) is 5. The van der Waals surface area contributed by atoms with Gasteiger partial charge in [0, 0.05) is 16.8 Å². The lowest BCUT2D eigenvalue weighted by Gasteiger charge is -2.26. The summed E-state index contributed by atoms with van der Waals surface area (Å²) < 4.78 is 25.3. The minimum Gasteiger partial charge on any atom is -0.507 e. The van der Waals surface area contributed by atoms with E-state index in [2.05, 4.69) is 6.92 Å². The smallest absolute Gasteiger partial charge is 0.300 e. The fourth-order valence-corrected chi connectivity index (χ4v) is 4.32. The number of rotatable bonds is 9. The number of unbranched alkanes of at least 4 members (excludes halogenated alkanes) is 2. The van der Waals surface area contributed by atoms with Crippen LogP contribution in [0, 0.1) is 5.82 Å². The number of Topliss-reactive ketones (excluding diaryl/α,β-unsaturated/α-hetero) is 1. The normalized spacial score (nSPS) is 16.9. The highest BCUT2D eigenvalue weighted by molar-refractivity contribution is 6.51. The Kier molecular flexibility index (Phi) is 7.68. The largest absolute Gasteiger partial charge is 0.507 e. The van der Waals surface area contributed by atoms with Gasteiger partial charge in [-0.1, -0.05) is 44.0 Å². The molecule has 1 unspecified atom stereocenters. The van der Waals surface area contributed by atoms with Gasteiger partial charge in [-0.2, -0.15) is 0 Å². The van der Waals surface area contributed by atoms with Crippen LogP contribution in [0.4, 0.5) is 10.1 Å². The average molecular weight is 490 g/mol. The maximum absolute atomic E-state index is 14.1. The summed E-state index contributed by atoms with van der Waals surface area (Å²) in [6, 6.07) is 18.0. The molecule has 1 fully saturated rings. The zero-order chi connectivity index (χ0) is 25.7. The molecule has 0 saturated carbocycles. The molecule has 6 nitrogen and oxygen atoms in total. The number of methoxy groups -OCH3 is 1. The Bertz CT molecular complexity index is 1280. The number of aliphatic hydroxyl groups excluding tert-OH is 1. The minimum atomic E-state index is -1.02. The van der Waals surface area contributed by atoms with Crippen molar-refractivity contribution >= 4 is 23.1 Å². The molecular weight excluding hydrogens is 461 g/mol. The number of hydrogen-bond donors (Lipinski definition) is 1. The van der Waals surface area contributed by atoms with Crippen molar-refractivity contribution in [2.75, 3.05) is 18.6 Å². The number of carbonyl (C=O) groups excluding carboxylic acids is 2. The summed E-state index contributed by atoms with van der Waals surface area (Å²) in [5.74, 6) is -1.55. The lowest BCUT2D eigenvalue weighted by molar-refractivity contribution is -0.132. The van der Waals surface area contributed by atoms with E-state index in [1.54, 1.807) is 54.6 Å². The number of halogens is 1. The van der Waals surface area contributed by atoms with Crippen LogP contribution in [0.1, 0.15) is 43.4 Å². The van der Waals surface area contributed by atoms with Crippen molar-refractivity contribution in [3.8, 4) is 11.5 Å². The standard InChI is InChI=1S/C29H28FNO5/c1-3-4-7-17-36-22-15-13-19(14-16-22)27(32)25-26(23-11-5-6-12-24(23)35-2)31(29(34)28(25)33)21-10-8-9-20(30)18-21/h5-6,8-16,18,26,32H,3-4,7,17H2,1-2H3/b27-25+. The number of anilines is 1. The first kappa shape index (κ1) is 25.0. The summed E-state index contributed by atoms with van der Waals surface area (Å²) in [4.78, 5) is 27.7. The molecule has 7 heteroatoms. The van der Waals surface area contributed by atoms with Crippen LogP contribution in [0.25, 0.3) is 5.76 Å². The molecule has 4 rings (SSSR count). The van der Waals surface area contributed by atoms with Gasteiger partial charge in [-0.3, -0.25) is 14.5 Å². The molecule has 3 aromatic rings. The first-order valence-corrected chi connectivity index (χ1v) is 11.9. The SMILES string of the molecule is CCCCCOc1ccc(/C(O)=C2\C(=O)C(=O)N(c3cccc(F)c3)C2c2ccccc2OC)cc1. The molecular formula is C29H28FNO5. The second-order valence-corrected chi connectivity index (χ2v) is 8.47. The zero-order valence-corrected chi connectivity index (χ0v) is 20.2. The van der Waals surface area contributed by atoms with Crippen LogP contribution in [0.3, 0.4) is 0 Å². The summed E-state index contributed by atoms with van der Waals surface area (Å²) in [6.45, 7) is 2.71. The number of ketones is 1. The molecule has 1 heterocycles. The average Bonchev–Trinajstić information content (AvgIpc) is 3.16. The Hall–Kier alpha value is -4.13. The number of nitrogens with zero attached hydrogens (tertiary/aromatic N) is 1. The number of para-hydroxylation sites is 1. The third kappa shape index (κ3) is 4.96. The molecule has 1 aliphatic rings. The first-order valence-electron chi connectivity index (χ1n) is 11.9. The van der Waals surface area contributed by atoms with Crippen molar-refractivity contribution in [3.63, 3.8) is 0 Å². The molecule has 0 spiro atoms. The number of ether oxygens (including phenoxy) is 2. The maximum atomic E-state index is 14.1. The molecule has 0 aliphatic carbocycles. The Morgan fingerprint density at radius 1 is 1.00 bits per heavy atom. The van der Waals surface area contributed by atoms with E-state index in [1.807, 2.05) is 0 Å². The van der Waals surface area contributed by atoms with Gasteiger partial charge in [0.05, 0.1) is 25.3 Å². The van der Waals surface area contributed by atoms with Crippen LogP contribution in [0.5, 0.6) is 11.5 Å². The molecule has 1 atom stereocenters. The Labute approximate surface area is 209 Å². The van der Waals surface area contributed by atoms with E-state index in [-0.39, 0.29) is 17.0 Å². The quantitative estimate of drug-likeness (QED) is 0.172. The molecule has 0 radical (unpaired) electrons. The third-order valence-corrected chi connectivity index (χ3v) is 6.11. The van der Waals surface area contributed by atoms with Crippen LogP contribution in [0.15, 0.2) is 78.4 Å². The monoisotopic (exact) mass is 489 g/mol. The fourth-order valence-electron chi connectivity index (χ4n) is 4.32. The van der Waals surface area contributed by atoms with Crippen molar-refractivity contribution in [2.24, 2.45) is 0 Å². The summed E-state index contributed by atoms with van der Waals surface area (Å²) in [5.41, 5.74) is 0.933. The molecule has 186 valence electrons. The van der Waals surface area contributed by atoms with Crippen LogP contribution in [-0.2, 0) is 9.59 Å². The second kappa shape index (κ2) is 11.1. The molecule has 3 aromatic carbocycles.